The van der Waals surface area contributed by atoms with Crippen LogP contribution >= 0.6 is 11.8 Å². The number of hydrogen-bond donors (Lipinski definition) is 0. The minimum atomic E-state index is -0.608. The van der Waals surface area contributed by atoms with E-state index in [0.29, 0.717) is 23.0 Å². The molecule has 2 aliphatic rings. The van der Waals surface area contributed by atoms with Crippen LogP contribution in [0.2, 0.25) is 0 Å². The summed E-state index contributed by atoms with van der Waals surface area (Å²) in [5, 5.41) is 10.0. The topological polar surface area (TPSA) is 62.5 Å². The van der Waals surface area contributed by atoms with Crippen LogP contribution in [0.3, 0.4) is 0 Å². The van der Waals surface area contributed by atoms with Crippen molar-refractivity contribution in [3.8, 4) is 51.4 Å². The van der Waals surface area contributed by atoms with Crippen molar-refractivity contribution in [1.29, 1.82) is 5.26 Å². The molecule has 46 heavy (non-hydrogen) atoms. The Bertz CT molecular complexity index is 2260. The van der Waals surface area contributed by atoms with Gasteiger partial charge in [-0.2, -0.15) is 5.26 Å². The Morgan fingerprint density at radius 1 is 0.457 bits per heavy atom. The van der Waals surface area contributed by atoms with Crippen LogP contribution in [-0.4, -0.2) is 15.0 Å². The van der Waals surface area contributed by atoms with Crippen molar-refractivity contribution in [3.05, 3.63) is 173 Å². The molecule has 6 aromatic carbocycles. The van der Waals surface area contributed by atoms with Crippen LogP contribution in [0.15, 0.2) is 155 Å². The Morgan fingerprint density at radius 3 is 1.50 bits per heavy atom. The summed E-state index contributed by atoms with van der Waals surface area (Å²) in [6.07, 6.45) is 0. The van der Waals surface area contributed by atoms with Crippen molar-refractivity contribution < 1.29 is 0 Å². The molecule has 0 unspecified atom stereocenters. The standard InChI is InChI=1S/C41H24N4S/c42-25-26-19-21-30-31-22-20-29(40-44-38(27-11-3-1-4-12-27)43-39(45-40)28-13-5-2-6-14-28)24-35(31)41(34(30)23-26)32-15-7-9-17-36(32)46-37-18-10-8-16-33(37)41/h1-24H. The van der Waals surface area contributed by atoms with E-state index in [1.165, 1.54) is 26.5 Å². The summed E-state index contributed by atoms with van der Waals surface area (Å²) in [5.41, 5.74) is 9.85. The average Bonchev–Trinajstić information content (AvgIpc) is 3.41. The summed E-state index contributed by atoms with van der Waals surface area (Å²) in [5.74, 6) is 1.88. The molecule has 214 valence electrons. The number of fused-ring (bicyclic) bond motifs is 9. The minimum Gasteiger partial charge on any atom is -0.208 e. The van der Waals surface area contributed by atoms with Crippen LogP contribution in [0, 0.1) is 11.3 Å². The van der Waals surface area contributed by atoms with Gasteiger partial charge in [0.2, 0.25) is 0 Å². The highest BCUT2D eigenvalue weighted by atomic mass is 32.2. The van der Waals surface area contributed by atoms with Gasteiger partial charge in [-0.15, -0.1) is 0 Å². The molecule has 1 aliphatic heterocycles. The minimum absolute atomic E-state index is 0.608. The Kier molecular flexibility index (Phi) is 5.99. The Hall–Kier alpha value is -5.83. The third-order valence-corrected chi connectivity index (χ3v) is 10.2. The summed E-state index contributed by atoms with van der Waals surface area (Å²) < 4.78 is 0. The lowest BCUT2D eigenvalue weighted by atomic mass is 9.67. The smallest absolute Gasteiger partial charge is 0.164 e. The van der Waals surface area contributed by atoms with E-state index < -0.39 is 5.41 Å². The predicted molar refractivity (Wildman–Crippen MR) is 182 cm³/mol. The van der Waals surface area contributed by atoms with Crippen molar-refractivity contribution in [2.75, 3.05) is 0 Å². The Labute approximate surface area is 271 Å². The fraction of sp³-hybridized carbons (Fsp3) is 0.0244. The molecular formula is C41H24N4S. The Morgan fingerprint density at radius 2 is 0.935 bits per heavy atom. The molecule has 9 rings (SSSR count). The van der Waals surface area contributed by atoms with Gasteiger partial charge in [0.15, 0.2) is 17.5 Å². The first-order valence-electron chi connectivity index (χ1n) is 15.2. The Balaban J connectivity index is 1.34. The van der Waals surface area contributed by atoms with Crippen LogP contribution in [0.25, 0.3) is 45.3 Å². The maximum Gasteiger partial charge on any atom is 0.164 e. The number of nitriles is 1. The monoisotopic (exact) mass is 604 g/mol. The summed E-state index contributed by atoms with van der Waals surface area (Å²) in [4.78, 5) is 17.4. The molecule has 1 aromatic heterocycles. The number of benzene rings is 6. The molecule has 1 aliphatic carbocycles. The second-order valence-electron chi connectivity index (χ2n) is 11.5. The summed E-state index contributed by atoms with van der Waals surface area (Å²) >= 11 is 1.80. The molecule has 7 aromatic rings. The van der Waals surface area contributed by atoms with Crippen molar-refractivity contribution >= 4 is 11.8 Å². The van der Waals surface area contributed by atoms with Crippen LogP contribution in [0.1, 0.15) is 27.8 Å². The van der Waals surface area contributed by atoms with Gasteiger partial charge >= 0.3 is 0 Å². The van der Waals surface area contributed by atoms with Gasteiger partial charge in [0.25, 0.3) is 0 Å². The molecule has 0 saturated carbocycles. The average molecular weight is 605 g/mol. The van der Waals surface area contributed by atoms with Crippen LogP contribution < -0.4 is 0 Å². The molecule has 0 N–H and O–H groups in total. The zero-order valence-corrected chi connectivity index (χ0v) is 25.4. The number of nitrogens with zero attached hydrogens (tertiary/aromatic N) is 4. The highest BCUT2D eigenvalue weighted by Gasteiger charge is 2.50. The summed E-state index contributed by atoms with van der Waals surface area (Å²) in [6, 6.07) is 52.6. The zero-order chi connectivity index (χ0) is 30.7. The van der Waals surface area contributed by atoms with Crippen LogP contribution in [0.5, 0.6) is 0 Å². The number of rotatable bonds is 3. The maximum absolute atomic E-state index is 10.0. The van der Waals surface area contributed by atoms with E-state index in [1.807, 2.05) is 66.7 Å². The van der Waals surface area contributed by atoms with Crippen molar-refractivity contribution in [2.24, 2.45) is 0 Å². The van der Waals surface area contributed by atoms with Crippen molar-refractivity contribution in [3.63, 3.8) is 0 Å². The van der Waals surface area contributed by atoms with Crippen molar-refractivity contribution in [2.45, 2.75) is 15.2 Å². The first-order valence-corrected chi connectivity index (χ1v) is 16.0. The first-order chi connectivity index (χ1) is 22.7. The maximum atomic E-state index is 10.0. The summed E-state index contributed by atoms with van der Waals surface area (Å²) in [6.45, 7) is 0. The fourth-order valence-electron chi connectivity index (χ4n) is 7.04. The molecule has 0 saturated heterocycles. The lowest BCUT2D eigenvalue weighted by Crippen LogP contribution is -2.32. The molecule has 0 atom stereocenters. The van der Waals surface area contributed by atoms with Gasteiger partial charge in [-0.05, 0) is 63.7 Å². The molecule has 5 heteroatoms. The quantitative estimate of drug-likeness (QED) is 0.201. The third kappa shape index (κ3) is 3.91. The lowest BCUT2D eigenvalue weighted by Gasteiger charge is -2.39. The first kappa shape index (κ1) is 26.6. The SMILES string of the molecule is N#Cc1ccc2c(c1)C1(c3ccccc3Sc3ccccc31)c1cc(-c3nc(-c4ccccc4)nc(-c4ccccc4)n3)ccc1-2. The molecule has 0 radical (unpaired) electrons. The van der Waals surface area contributed by atoms with Gasteiger partial charge in [0, 0.05) is 26.5 Å². The van der Waals surface area contributed by atoms with Crippen LogP contribution in [0.4, 0.5) is 0 Å². The molecule has 1 spiro atoms. The van der Waals surface area contributed by atoms with E-state index >= 15 is 0 Å². The van der Waals surface area contributed by atoms with Gasteiger partial charge in [-0.1, -0.05) is 127 Å². The number of aromatic nitrogens is 3. The van der Waals surface area contributed by atoms with Gasteiger partial charge in [-0.3, -0.25) is 0 Å². The summed E-state index contributed by atoms with van der Waals surface area (Å²) in [7, 11) is 0. The van der Waals surface area contributed by atoms with E-state index in [0.717, 1.165) is 33.4 Å². The largest absolute Gasteiger partial charge is 0.208 e. The molecule has 0 amide bonds. The molecule has 0 bridgehead atoms. The van der Waals surface area contributed by atoms with E-state index in [4.69, 9.17) is 15.0 Å². The second-order valence-corrected chi connectivity index (χ2v) is 12.6. The number of hydrogen-bond acceptors (Lipinski definition) is 5. The third-order valence-electron chi connectivity index (χ3n) is 9.03. The van der Waals surface area contributed by atoms with Crippen LogP contribution in [-0.2, 0) is 5.41 Å². The normalized spacial score (nSPS) is 13.3. The predicted octanol–water partition coefficient (Wildman–Crippen LogP) is 9.57. The van der Waals surface area contributed by atoms with Gasteiger partial charge in [0.1, 0.15) is 0 Å². The van der Waals surface area contributed by atoms with Gasteiger partial charge in [0.05, 0.1) is 17.0 Å². The molecule has 2 heterocycles. The molecule has 4 nitrogen and oxygen atoms in total. The highest BCUT2D eigenvalue weighted by Crippen LogP contribution is 2.62. The second kappa shape index (κ2) is 10.4. The van der Waals surface area contributed by atoms with E-state index in [-0.39, 0.29) is 0 Å². The lowest BCUT2D eigenvalue weighted by molar-refractivity contribution is 0.722. The highest BCUT2D eigenvalue weighted by molar-refractivity contribution is 7.99. The van der Waals surface area contributed by atoms with E-state index in [9.17, 15) is 5.26 Å². The molecule has 0 fully saturated rings. The molecular weight excluding hydrogens is 581 g/mol. The van der Waals surface area contributed by atoms with E-state index in [1.54, 1.807) is 11.8 Å². The fourth-order valence-corrected chi connectivity index (χ4v) is 8.24. The van der Waals surface area contributed by atoms with Gasteiger partial charge < -0.3 is 0 Å². The van der Waals surface area contributed by atoms with Gasteiger partial charge in [-0.25, -0.2) is 15.0 Å². The van der Waals surface area contributed by atoms with Crippen molar-refractivity contribution in [1.82, 2.24) is 15.0 Å². The van der Waals surface area contributed by atoms with E-state index in [2.05, 4.69) is 84.9 Å². The zero-order valence-electron chi connectivity index (χ0n) is 24.6.